The highest BCUT2D eigenvalue weighted by Crippen LogP contribution is 2.09. The maximum absolute atomic E-state index is 11.8. The molecule has 6 nitrogen and oxygen atoms in total. The number of hydrogen-bond donors (Lipinski definition) is 3. The van der Waals surface area contributed by atoms with E-state index in [1.807, 2.05) is 0 Å². The number of aliphatic hydroxyl groups is 1. The number of carbonyl (C=O) groups excluding carboxylic acids is 1. The Labute approximate surface area is 104 Å². The molecule has 1 unspecified atom stereocenters. The number of amides is 1. The second-order valence-electron chi connectivity index (χ2n) is 3.65. The zero-order chi connectivity index (χ0) is 13.5. The Bertz CT molecular complexity index is 432. The largest absolute Gasteiger partial charge is 0.479 e. The minimum atomic E-state index is -1.61. The molecule has 98 valence electrons. The summed E-state index contributed by atoms with van der Waals surface area (Å²) in [6, 6.07) is 6.82. The molecule has 0 aliphatic carbocycles. The summed E-state index contributed by atoms with van der Waals surface area (Å²) in [6.07, 6.45) is -1.61. The summed E-state index contributed by atoms with van der Waals surface area (Å²) in [5.74, 6) is -1.82. The van der Waals surface area contributed by atoms with Gasteiger partial charge in [0.15, 0.2) is 6.10 Å². The average molecular weight is 253 g/mol. The molecule has 18 heavy (non-hydrogen) atoms. The predicted molar refractivity (Wildman–Crippen MR) is 63.1 cm³/mol. The molecule has 1 atom stereocenters. The van der Waals surface area contributed by atoms with Crippen LogP contribution >= 0.6 is 0 Å². The lowest BCUT2D eigenvalue weighted by atomic mass is 10.1. The Balaban J connectivity index is 2.69. The second-order valence-corrected chi connectivity index (χ2v) is 3.65. The van der Waals surface area contributed by atoms with Crippen LogP contribution in [0.3, 0.4) is 0 Å². The lowest BCUT2D eigenvalue weighted by Gasteiger charge is -2.10. The minimum Gasteiger partial charge on any atom is -0.479 e. The maximum atomic E-state index is 11.8. The van der Waals surface area contributed by atoms with Crippen molar-refractivity contribution in [1.82, 2.24) is 5.32 Å². The molecule has 1 aromatic rings. The van der Waals surface area contributed by atoms with Crippen molar-refractivity contribution in [2.75, 3.05) is 13.7 Å². The lowest BCUT2D eigenvalue weighted by Crippen LogP contribution is -2.36. The van der Waals surface area contributed by atoms with Crippen LogP contribution in [0.15, 0.2) is 24.3 Å². The van der Waals surface area contributed by atoms with Crippen LogP contribution in [-0.4, -0.2) is 41.8 Å². The van der Waals surface area contributed by atoms with Crippen molar-refractivity contribution in [2.24, 2.45) is 0 Å². The standard InChI is InChI=1S/C12H15NO5/c1-18-7-8-4-2-3-5-9(8)11(15)13-6-10(14)12(16)17/h2-5,10,14H,6-7H2,1H3,(H,13,15)(H,16,17). The van der Waals surface area contributed by atoms with Crippen molar-refractivity contribution in [2.45, 2.75) is 12.7 Å². The number of aliphatic hydroxyl groups excluding tert-OH is 1. The third-order valence-electron chi connectivity index (χ3n) is 2.30. The number of carboxylic acids is 1. The molecule has 0 fully saturated rings. The summed E-state index contributed by atoms with van der Waals surface area (Å²) < 4.78 is 4.96. The molecule has 6 heteroatoms. The van der Waals surface area contributed by atoms with E-state index in [4.69, 9.17) is 14.9 Å². The number of carboxylic acid groups (broad SMARTS) is 1. The summed E-state index contributed by atoms with van der Waals surface area (Å²) in [5, 5.41) is 19.9. The minimum absolute atomic E-state index is 0.283. The quantitative estimate of drug-likeness (QED) is 0.663. The number of ether oxygens (including phenoxy) is 1. The Morgan fingerprint density at radius 3 is 2.67 bits per heavy atom. The molecule has 0 aliphatic heterocycles. The molecule has 1 rings (SSSR count). The predicted octanol–water partition coefficient (Wildman–Crippen LogP) is 0.00830. The van der Waals surface area contributed by atoms with Gasteiger partial charge in [-0.3, -0.25) is 4.79 Å². The molecule has 1 amide bonds. The first-order valence-corrected chi connectivity index (χ1v) is 5.32. The molecule has 0 radical (unpaired) electrons. The van der Waals surface area contributed by atoms with Crippen molar-refractivity contribution in [3.05, 3.63) is 35.4 Å². The van der Waals surface area contributed by atoms with Crippen LogP contribution in [0, 0.1) is 0 Å². The van der Waals surface area contributed by atoms with Gasteiger partial charge in [-0.25, -0.2) is 4.79 Å². The van der Waals surface area contributed by atoms with Crippen molar-refractivity contribution in [1.29, 1.82) is 0 Å². The molecule has 3 N–H and O–H groups in total. The molecule has 0 aromatic heterocycles. The number of aliphatic carboxylic acids is 1. The average Bonchev–Trinajstić information content (AvgIpc) is 2.36. The van der Waals surface area contributed by atoms with Crippen molar-refractivity contribution in [3.8, 4) is 0 Å². The van der Waals surface area contributed by atoms with E-state index in [1.165, 1.54) is 7.11 Å². The van der Waals surface area contributed by atoms with Crippen LogP contribution in [-0.2, 0) is 16.1 Å². The fourth-order valence-electron chi connectivity index (χ4n) is 1.40. The van der Waals surface area contributed by atoms with Gasteiger partial charge in [-0.05, 0) is 11.6 Å². The van der Waals surface area contributed by atoms with E-state index in [0.717, 1.165) is 0 Å². The molecular formula is C12H15NO5. The van der Waals surface area contributed by atoms with Gasteiger partial charge >= 0.3 is 5.97 Å². The van der Waals surface area contributed by atoms with Gasteiger partial charge < -0.3 is 20.3 Å². The topological polar surface area (TPSA) is 95.9 Å². The first-order chi connectivity index (χ1) is 8.56. The van der Waals surface area contributed by atoms with Crippen molar-refractivity contribution < 1.29 is 24.5 Å². The maximum Gasteiger partial charge on any atom is 0.334 e. The molecule has 1 aromatic carbocycles. The van der Waals surface area contributed by atoms with E-state index in [-0.39, 0.29) is 13.2 Å². The third-order valence-corrected chi connectivity index (χ3v) is 2.30. The number of rotatable bonds is 6. The first kappa shape index (κ1) is 14.1. The number of methoxy groups -OCH3 is 1. The zero-order valence-electron chi connectivity index (χ0n) is 9.92. The van der Waals surface area contributed by atoms with Gasteiger partial charge in [0, 0.05) is 12.7 Å². The number of nitrogens with one attached hydrogen (secondary N) is 1. The molecule has 0 bridgehead atoms. The highest BCUT2D eigenvalue weighted by atomic mass is 16.5. The van der Waals surface area contributed by atoms with Gasteiger partial charge in [-0.2, -0.15) is 0 Å². The molecule has 0 saturated heterocycles. The Morgan fingerprint density at radius 2 is 2.06 bits per heavy atom. The number of carbonyl (C=O) groups is 2. The van der Waals surface area contributed by atoms with Crippen LogP contribution < -0.4 is 5.32 Å². The van der Waals surface area contributed by atoms with Crippen LogP contribution in [0.25, 0.3) is 0 Å². The van der Waals surface area contributed by atoms with E-state index in [2.05, 4.69) is 5.32 Å². The molecular weight excluding hydrogens is 238 g/mol. The molecule has 0 spiro atoms. The fraction of sp³-hybridized carbons (Fsp3) is 0.333. The second kappa shape index (κ2) is 6.73. The monoisotopic (exact) mass is 253 g/mol. The highest BCUT2D eigenvalue weighted by Gasteiger charge is 2.16. The van der Waals surface area contributed by atoms with Crippen LogP contribution in [0.4, 0.5) is 0 Å². The lowest BCUT2D eigenvalue weighted by molar-refractivity contribution is -0.146. The number of benzene rings is 1. The van der Waals surface area contributed by atoms with Gasteiger partial charge in [0.25, 0.3) is 5.91 Å². The van der Waals surface area contributed by atoms with Crippen molar-refractivity contribution >= 4 is 11.9 Å². The first-order valence-electron chi connectivity index (χ1n) is 5.32. The van der Waals surface area contributed by atoms with E-state index in [1.54, 1.807) is 24.3 Å². The SMILES string of the molecule is COCc1ccccc1C(=O)NCC(O)C(=O)O. The van der Waals surface area contributed by atoms with Gasteiger partial charge in [-0.15, -0.1) is 0 Å². The molecule has 0 aliphatic rings. The van der Waals surface area contributed by atoms with Crippen molar-refractivity contribution in [3.63, 3.8) is 0 Å². The Kier molecular flexibility index (Phi) is 5.29. The van der Waals surface area contributed by atoms with E-state index >= 15 is 0 Å². The normalized spacial score (nSPS) is 11.9. The highest BCUT2D eigenvalue weighted by molar-refractivity contribution is 5.95. The summed E-state index contributed by atoms with van der Waals surface area (Å²) in [7, 11) is 1.52. The summed E-state index contributed by atoms with van der Waals surface area (Å²) in [5.41, 5.74) is 1.10. The van der Waals surface area contributed by atoms with Gasteiger partial charge in [0.2, 0.25) is 0 Å². The fourth-order valence-corrected chi connectivity index (χ4v) is 1.40. The molecule has 0 heterocycles. The summed E-state index contributed by atoms with van der Waals surface area (Å²) >= 11 is 0. The third kappa shape index (κ3) is 3.83. The molecule has 0 saturated carbocycles. The van der Waals surface area contributed by atoms with Crippen LogP contribution in [0.2, 0.25) is 0 Å². The van der Waals surface area contributed by atoms with E-state index in [9.17, 15) is 9.59 Å². The van der Waals surface area contributed by atoms with E-state index in [0.29, 0.717) is 11.1 Å². The van der Waals surface area contributed by atoms with Gasteiger partial charge in [0.05, 0.1) is 13.2 Å². The van der Waals surface area contributed by atoms with Crippen LogP contribution in [0.1, 0.15) is 15.9 Å². The smallest absolute Gasteiger partial charge is 0.334 e. The Morgan fingerprint density at radius 1 is 1.39 bits per heavy atom. The van der Waals surface area contributed by atoms with Crippen LogP contribution in [0.5, 0.6) is 0 Å². The summed E-state index contributed by atoms with van der Waals surface area (Å²) in [6.45, 7) is -0.0550. The van der Waals surface area contributed by atoms with Gasteiger partial charge in [-0.1, -0.05) is 18.2 Å². The Hall–Kier alpha value is -1.92. The van der Waals surface area contributed by atoms with Gasteiger partial charge in [0.1, 0.15) is 0 Å². The summed E-state index contributed by atoms with van der Waals surface area (Å²) in [4.78, 5) is 22.2. The zero-order valence-corrected chi connectivity index (χ0v) is 9.92. The number of hydrogen-bond acceptors (Lipinski definition) is 4. The van der Waals surface area contributed by atoms with E-state index < -0.39 is 18.0 Å².